The molecule has 2 aliphatic carbocycles. The Kier molecular flexibility index (Phi) is 6.67. The summed E-state index contributed by atoms with van der Waals surface area (Å²) < 4.78 is 11.9. The van der Waals surface area contributed by atoms with Gasteiger partial charge in [0.2, 0.25) is 0 Å². The number of benzene rings is 1. The molecule has 0 saturated heterocycles. The van der Waals surface area contributed by atoms with Gasteiger partial charge in [0.25, 0.3) is 0 Å². The Hall–Kier alpha value is -0.940. The summed E-state index contributed by atoms with van der Waals surface area (Å²) in [7, 11) is 0. The molecule has 3 rings (SSSR count). The molecular weight excluding hydrogens is 304 g/mol. The molecule has 2 saturated carbocycles. The van der Waals surface area contributed by atoms with Crippen LogP contribution in [0.15, 0.2) is 24.3 Å². The van der Waals surface area contributed by atoms with E-state index in [1.165, 1.54) is 0 Å². The van der Waals surface area contributed by atoms with E-state index in [1.54, 1.807) is 0 Å². The zero-order valence-electron chi connectivity index (χ0n) is 14.4. The van der Waals surface area contributed by atoms with E-state index in [0.717, 1.165) is 62.5 Å². The predicted molar refractivity (Wildman–Crippen MR) is 92.5 cm³/mol. The van der Waals surface area contributed by atoms with Gasteiger partial charge in [-0.15, -0.1) is 0 Å². The van der Waals surface area contributed by atoms with Gasteiger partial charge in [-0.05, 0) is 49.7 Å². The first-order chi connectivity index (χ1) is 11.7. The molecule has 0 amide bonds. The quantitative estimate of drug-likeness (QED) is 0.838. The predicted octanol–water partition coefficient (Wildman–Crippen LogP) is 3.33. The highest BCUT2D eigenvalue weighted by Gasteiger charge is 2.23. The Bertz CT molecular complexity index is 504. The van der Waals surface area contributed by atoms with Crippen LogP contribution in [-0.4, -0.2) is 34.6 Å². The molecule has 4 unspecified atom stereocenters. The second-order valence-electron chi connectivity index (χ2n) is 7.27. The Labute approximate surface area is 144 Å². The number of hydrogen-bond donors (Lipinski definition) is 2. The summed E-state index contributed by atoms with van der Waals surface area (Å²) in [5, 5.41) is 19.7. The average Bonchev–Trinajstić information content (AvgIpc) is 2.60. The van der Waals surface area contributed by atoms with Gasteiger partial charge in [-0.1, -0.05) is 37.1 Å². The van der Waals surface area contributed by atoms with Gasteiger partial charge in [0, 0.05) is 0 Å². The highest BCUT2D eigenvalue weighted by atomic mass is 16.5. The van der Waals surface area contributed by atoms with Crippen LogP contribution in [-0.2, 0) is 22.7 Å². The van der Waals surface area contributed by atoms with E-state index >= 15 is 0 Å². The molecule has 0 spiro atoms. The van der Waals surface area contributed by atoms with Crippen LogP contribution in [0.2, 0.25) is 0 Å². The molecule has 2 fully saturated rings. The monoisotopic (exact) mass is 334 g/mol. The number of hydrogen-bond acceptors (Lipinski definition) is 4. The molecular formula is C20H30O4. The van der Waals surface area contributed by atoms with E-state index in [1.807, 2.05) is 6.07 Å². The van der Waals surface area contributed by atoms with Gasteiger partial charge in [-0.25, -0.2) is 0 Å². The van der Waals surface area contributed by atoms with Crippen molar-refractivity contribution >= 4 is 0 Å². The summed E-state index contributed by atoms with van der Waals surface area (Å²) in [5.74, 6) is 0. The number of rotatable bonds is 6. The molecule has 2 N–H and O–H groups in total. The van der Waals surface area contributed by atoms with Crippen LogP contribution in [0.3, 0.4) is 0 Å². The molecule has 1 aromatic carbocycles. The van der Waals surface area contributed by atoms with Gasteiger partial charge < -0.3 is 19.7 Å². The lowest BCUT2D eigenvalue weighted by atomic mass is 9.95. The molecule has 0 aliphatic heterocycles. The van der Waals surface area contributed by atoms with Crippen molar-refractivity contribution in [1.29, 1.82) is 0 Å². The molecule has 0 radical (unpaired) electrons. The van der Waals surface area contributed by atoms with Crippen LogP contribution in [0, 0.1) is 0 Å². The molecule has 1 aromatic rings. The second kappa shape index (κ2) is 8.95. The number of aliphatic hydroxyl groups excluding tert-OH is 2. The highest BCUT2D eigenvalue weighted by Crippen LogP contribution is 2.24. The van der Waals surface area contributed by atoms with Crippen molar-refractivity contribution in [3.8, 4) is 0 Å². The van der Waals surface area contributed by atoms with Crippen LogP contribution in [0.1, 0.15) is 62.5 Å². The average molecular weight is 334 g/mol. The lowest BCUT2D eigenvalue weighted by molar-refractivity contribution is -0.0662. The number of aliphatic hydroxyl groups is 2. The smallest absolute Gasteiger partial charge is 0.0838 e. The van der Waals surface area contributed by atoms with Gasteiger partial charge in [0.05, 0.1) is 37.6 Å². The molecule has 0 bridgehead atoms. The SMILES string of the molecule is OC1CCCC(OCc2cccc(COC3CCCCC3O)c2)C1. The van der Waals surface area contributed by atoms with E-state index in [0.29, 0.717) is 13.2 Å². The van der Waals surface area contributed by atoms with Crippen LogP contribution in [0.25, 0.3) is 0 Å². The first kappa shape index (κ1) is 17.9. The summed E-state index contributed by atoms with van der Waals surface area (Å²) >= 11 is 0. The fourth-order valence-corrected chi connectivity index (χ4v) is 3.77. The Morgan fingerprint density at radius 3 is 2.38 bits per heavy atom. The Morgan fingerprint density at radius 1 is 0.875 bits per heavy atom. The lowest BCUT2D eigenvalue weighted by Gasteiger charge is -2.27. The minimum absolute atomic E-state index is 0.0256. The fourth-order valence-electron chi connectivity index (χ4n) is 3.77. The second-order valence-corrected chi connectivity index (χ2v) is 7.27. The summed E-state index contributed by atoms with van der Waals surface area (Å²) in [6, 6.07) is 8.28. The van der Waals surface area contributed by atoms with Gasteiger partial charge in [0.15, 0.2) is 0 Å². The van der Waals surface area contributed by atoms with Crippen molar-refractivity contribution in [3.63, 3.8) is 0 Å². The third-order valence-corrected chi connectivity index (χ3v) is 5.21. The van der Waals surface area contributed by atoms with Crippen molar-refractivity contribution in [1.82, 2.24) is 0 Å². The molecule has 134 valence electrons. The van der Waals surface area contributed by atoms with Crippen LogP contribution < -0.4 is 0 Å². The van der Waals surface area contributed by atoms with Crippen LogP contribution in [0.4, 0.5) is 0 Å². The normalized spacial score (nSPS) is 31.1. The van der Waals surface area contributed by atoms with Crippen LogP contribution >= 0.6 is 0 Å². The van der Waals surface area contributed by atoms with Crippen molar-refractivity contribution in [2.75, 3.05) is 0 Å². The molecule has 0 heterocycles. The summed E-state index contributed by atoms with van der Waals surface area (Å²) in [5.41, 5.74) is 2.26. The lowest BCUT2D eigenvalue weighted by Crippen LogP contribution is -2.32. The summed E-state index contributed by atoms with van der Waals surface area (Å²) in [6.45, 7) is 1.12. The zero-order valence-corrected chi connectivity index (χ0v) is 14.4. The van der Waals surface area contributed by atoms with Crippen molar-refractivity contribution in [2.24, 2.45) is 0 Å². The maximum Gasteiger partial charge on any atom is 0.0838 e. The number of ether oxygens (including phenoxy) is 2. The Morgan fingerprint density at radius 2 is 1.62 bits per heavy atom. The third-order valence-electron chi connectivity index (χ3n) is 5.21. The van der Waals surface area contributed by atoms with E-state index in [4.69, 9.17) is 9.47 Å². The summed E-state index contributed by atoms with van der Waals surface area (Å²) in [4.78, 5) is 0. The van der Waals surface area contributed by atoms with Gasteiger partial charge in [-0.3, -0.25) is 0 Å². The molecule has 4 heteroatoms. The van der Waals surface area contributed by atoms with E-state index in [9.17, 15) is 10.2 Å². The van der Waals surface area contributed by atoms with Crippen molar-refractivity contribution in [3.05, 3.63) is 35.4 Å². The molecule has 0 aromatic heterocycles. The van der Waals surface area contributed by atoms with E-state index < -0.39 is 0 Å². The van der Waals surface area contributed by atoms with Crippen molar-refractivity contribution < 1.29 is 19.7 Å². The fraction of sp³-hybridized carbons (Fsp3) is 0.700. The minimum atomic E-state index is -0.317. The third kappa shape index (κ3) is 5.28. The van der Waals surface area contributed by atoms with Gasteiger partial charge in [-0.2, -0.15) is 0 Å². The topological polar surface area (TPSA) is 58.9 Å². The van der Waals surface area contributed by atoms with E-state index in [-0.39, 0.29) is 24.4 Å². The zero-order chi connectivity index (χ0) is 16.8. The molecule has 4 nitrogen and oxygen atoms in total. The highest BCUT2D eigenvalue weighted by molar-refractivity contribution is 5.22. The summed E-state index contributed by atoms with van der Waals surface area (Å²) in [6.07, 6.45) is 7.42. The maximum absolute atomic E-state index is 9.99. The van der Waals surface area contributed by atoms with Crippen molar-refractivity contribution in [2.45, 2.75) is 89.0 Å². The first-order valence-corrected chi connectivity index (χ1v) is 9.38. The molecule has 2 aliphatic rings. The molecule has 24 heavy (non-hydrogen) atoms. The van der Waals surface area contributed by atoms with Gasteiger partial charge in [0.1, 0.15) is 0 Å². The standard InChI is InChI=1S/C20H30O4/c21-17-7-4-8-18(12-17)23-13-15-5-3-6-16(11-15)14-24-20-10-2-1-9-19(20)22/h3,5-6,11,17-22H,1-2,4,7-10,12-14H2. The van der Waals surface area contributed by atoms with E-state index in [2.05, 4.69) is 18.2 Å². The Balaban J connectivity index is 1.46. The van der Waals surface area contributed by atoms with Crippen LogP contribution in [0.5, 0.6) is 0 Å². The largest absolute Gasteiger partial charge is 0.393 e. The first-order valence-electron chi connectivity index (χ1n) is 9.38. The molecule has 4 atom stereocenters. The van der Waals surface area contributed by atoms with Gasteiger partial charge >= 0.3 is 0 Å². The maximum atomic E-state index is 9.99. The minimum Gasteiger partial charge on any atom is -0.393 e.